The zero-order valence-corrected chi connectivity index (χ0v) is 12.0. The van der Waals surface area contributed by atoms with Gasteiger partial charge < -0.3 is 5.73 Å². The van der Waals surface area contributed by atoms with Crippen LogP contribution < -0.4 is 5.73 Å². The Labute approximate surface area is 117 Å². The van der Waals surface area contributed by atoms with E-state index in [1.807, 2.05) is 0 Å². The topological polar surface area (TPSA) is 26.0 Å². The first-order valence-electron chi connectivity index (χ1n) is 8.20. The zero-order chi connectivity index (χ0) is 13.1. The summed E-state index contributed by atoms with van der Waals surface area (Å²) in [5.41, 5.74) is 9.67. The minimum atomic E-state index is 0.273. The summed E-state index contributed by atoms with van der Waals surface area (Å²) < 4.78 is 0. The smallest absolute Gasteiger partial charge is 0.0326 e. The fraction of sp³-hybridized carbons (Fsp3) is 0.667. The second-order valence-electron chi connectivity index (χ2n) is 6.53. The number of benzene rings is 1. The van der Waals surface area contributed by atoms with Gasteiger partial charge in [-0.15, -0.1) is 0 Å². The van der Waals surface area contributed by atoms with Gasteiger partial charge in [0.05, 0.1) is 0 Å². The lowest BCUT2D eigenvalue weighted by atomic mass is 9.75. The maximum Gasteiger partial charge on any atom is 0.0326 e. The van der Waals surface area contributed by atoms with Crippen molar-refractivity contribution in [1.82, 2.24) is 0 Å². The van der Waals surface area contributed by atoms with Gasteiger partial charge in [0.15, 0.2) is 0 Å². The number of nitrogens with two attached hydrogens (primary N) is 1. The van der Waals surface area contributed by atoms with Crippen LogP contribution in [-0.4, -0.2) is 0 Å². The molecule has 0 radical (unpaired) electrons. The summed E-state index contributed by atoms with van der Waals surface area (Å²) in [6, 6.07) is 9.26. The van der Waals surface area contributed by atoms with Crippen molar-refractivity contribution in [2.24, 2.45) is 11.7 Å². The summed E-state index contributed by atoms with van der Waals surface area (Å²) in [5, 5.41) is 0. The molecule has 0 amide bonds. The minimum Gasteiger partial charge on any atom is -0.324 e. The van der Waals surface area contributed by atoms with Crippen LogP contribution in [0.25, 0.3) is 0 Å². The van der Waals surface area contributed by atoms with Gasteiger partial charge in [-0.05, 0) is 48.6 Å². The van der Waals surface area contributed by atoms with E-state index in [-0.39, 0.29) is 6.04 Å². The quantitative estimate of drug-likeness (QED) is 0.764. The molecule has 3 rings (SSSR count). The summed E-state index contributed by atoms with van der Waals surface area (Å²) in [6.45, 7) is 0. The van der Waals surface area contributed by atoms with Gasteiger partial charge in [0.25, 0.3) is 0 Å². The third-order valence-corrected chi connectivity index (χ3v) is 5.31. The Morgan fingerprint density at radius 1 is 0.842 bits per heavy atom. The lowest BCUT2D eigenvalue weighted by Crippen LogP contribution is -2.24. The Kier molecular flexibility index (Phi) is 4.22. The Bertz CT molecular complexity index is 400. The van der Waals surface area contributed by atoms with Gasteiger partial charge in [-0.3, -0.25) is 0 Å². The lowest BCUT2D eigenvalue weighted by molar-refractivity contribution is 0.369. The molecule has 104 valence electrons. The van der Waals surface area contributed by atoms with Crippen molar-refractivity contribution in [3.8, 4) is 0 Å². The number of rotatable bonds is 3. The zero-order valence-electron chi connectivity index (χ0n) is 12.0. The standard InChI is InChI=1S/C18H27N/c19-18(15-8-3-1-2-4-9-15)17-13-6-5-12-16(17)14-10-7-11-14/h5-6,12-15,18H,1-4,7-11,19H2. The van der Waals surface area contributed by atoms with Crippen molar-refractivity contribution in [2.75, 3.05) is 0 Å². The molecule has 2 saturated carbocycles. The molecule has 2 aliphatic carbocycles. The van der Waals surface area contributed by atoms with Crippen LogP contribution in [0.5, 0.6) is 0 Å². The van der Waals surface area contributed by atoms with Crippen LogP contribution in [0.2, 0.25) is 0 Å². The maximum absolute atomic E-state index is 6.66. The molecule has 0 heterocycles. The first-order chi connectivity index (χ1) is 9.36. The summed E-state index contributed by atoms with van der Waals surface area (Å²) >= 11 is 0. The third kappa shape index (κ3) is 2.86. The van der Waals surface area contributed by atoms with Gasteiger partial charge in [0.1, 0.15) is 0 Å². The molecule has 0 aliphatic heterocycles. The Hall–Kier alpha value is -0.820. The summed E-state index contributed by atoms with van der Waals surface area (Å²) in [4.78, 5) is 0. The largest absolute Gasteiger partial charge is 0.324 e. The van der Waals surface area contributed by atoms with Gasteiger partial charge in [0, 0.05) is 6.04 Å². The van der Waals surface area contributed by atoms with Crippen LogP contribution >= 0.6 is 0 Å². The summed E-state index contributed by atoms with van der Waals surface area (Å²) in [7, 11) is 0. The van der Waals surface area contributed by atoms with Gasteiger partial charge >= 0.3 is 0 Å². The molecule has 1 unspecified atom stereocenters. The van der Waals surface area contributed by atoms with Crippen LogP contribution in [0, 0.1) is 5.92 Å². The van der Waals surface area contributed by atoms with Crippen molar-refractivity contribution >= 4 is 0 Å². The second kappa shape index (κ2) is 6.09. The lowest BCUT2D eigenvalue weighted by Gasteiger charge is -2.32. The number of hydrogen-bond donors (Lipinski definition) is 1. The highest BCUT2D eigenvalue weighted by molar-refractivity contribution is 5.34. The van der Waals surface area contributed by atoms with Crippen LogP contribution in [-0.2, 0) is 0 Å². The van der Waals surface area contributed by atoms with E-state index in [4.69, 9.17) is 5.73 Å². The van der Waals surface area contributed by atoms with Crippen LogP contribution in [0.1, 0.15) is 80.9 Å². The molecule has 2 fully saturated rings. The SMILES string of the molecule is NC(c1ccccc1C1CCC1)C1CCCCCC1. The van der Waals surface area contributed by atoms with Gasteiger partial charge in [-0.1, -0.05) is 56.4 Å². The van der Waals surface area contributed by atoms with Gasteiger partial charge in [0.2, 0.25) is 0 Å². The van der Waals surface area contributed by atoms with E-state index < -0.39 is 0 Å². The fourth-order valence-electron chi connectivity index (χ4n) is 3.83. The monoisotopic (exact) mass is 257 g/mol. The third-order valence-electron chi connectivity index (χ3n) is 5.31. The molecule has 0 aromatic heterocycles. The normalized spacial score (nSPS) is 23.6. The Balaban J connectivity index is 1.79. The molecule has 2 N–H and O–H groups in total. The van der Waals surface area contributed by atoms with Crippen LogP contribution in [0.3, 0.4) is 0 Å². The van der Waals surface area contributed by atoms with E-state index in [9.17, 15) is 0 Å². The molecule has 1 aromatic carbocycles. The number of hydrogen-bond acceptors (Lipinski definition) is 1. The predicted molar refractivity (Wildman–Crippen MR) is 81.2 cm³/mol. The van der Waals surface area contributed by atoms with Gasteiger partial charge in [-0.25, -0.2) is 0 Å². The molecular weight excluding hydrogens is 230 g/mol. The Morgan fingerprint density at radius 3 is 2.16 bits per heavy atom. The van der Waals surface area contributed by atoms with E-state index in [1.165, 1.54) is 63.4 Å². The molecule has 2 aliphatic rings. The summed E-state index contributed by atoms with van der Waals surface area (Å²) in [5.74, 6) is 1.51. The first-order valence-corrected chi connectivity index (χ1v) is 8.20. The van der Waals surface area contributed by atoms with Crippen LogP contribution in [0.15, 0.2) is 24.3 Å². The van der Waals surface area contributed by atoms with Crippen molar-refractivity contribution in [3.05, 3.63) is 35.4 Å². The van der Waals surface area contributed by atoms with Crippen molar-refractivity contribution in [2.45, 2.75) is 69.7 Å². The summed E-state index contributed by atoms with van der Waals surface area (Å²) in [6.07, 6.45) is 12.4. The van der Waals surface area contributed by atoms with E-state index in [2.05, 4.69) is 24.3 Å². The molecule has 1 aromatic rings. The van der Waals surface area contributed by atoms with E-state index in [0.29, 0.717) is 5.92 Å². The van der Waals surface area contributed by atoms with Gasteiger partial charge in [-0.2, -0.15) is 0 Å². The molecule has 19 heavy (non-hydrogen) atoms. The fourth-order valence-corrected chi connectivity index (χ4v) is 3.83. The minimum absolute atomic E-state index is 0.273. The molecule has 1 atom stereocenters. The molecule has 0 spiro atoms. The predicted octanol–water partition coefficient (Wildman–Crippen LogP) is 4.92. The maximum atomic E-state index is 6.66. The highest BCUT2D eigenvalue weighted by Gasteiger charge is 2.27. The second-order valence-corrected chi connectivity index (χ2v) is 6.53. The first kappa shape index (κ1) is 13.2. The molecule has 1 nitrogen and oxygen atoms in total. The highest BCUT2D eigenvalue weighted by atomic mass is 14.7. The van der Waals surface area contributed by atoms with Crippen molar-refractivity contribution in [1.29, 1.82) is 0 Å². The average molecular weight is 257 g/mol. The molecule has 0 bridgehead atoms. The van der Waals surface area contributed by atoms with Crippen LogP contribution in [0.4, 0.5) is 0 Å². The Morgan fingerprint density at radius 2 is 1.53 bits per heavy atom. The molecular formula is C18H27N. The molecule has 1 heteroatoms. The van der Waals surface area contributed by atoms with E-state index in [0.717, 1.165) is 5.92 Å². The van der Waals surface area contributed by atoms with Crippen molar-refractivity contribution < 1.29 is 0 Å². The van der Waals surface area contributed by atoms with E-state index in [1.54, 1.807) is 5.56 Å². The average Bonchev–Trinajstić information content (AvgIpc) is 2.65. The van der Waals surface area contributed by atoms with E-state index >= 15 is 0 Å². The van der Waals surface area contributed by atoms with Crippen molar-refractivity contribution in [3.63, 3.8) is 0 Å². The molecule has 0 saturated heterocycles. The highest BCUT2D eigenvalue weighted by Crippen LogP contribution is 2.41.